The number of fused-ring (bicyclic) bond motifs is 2. The summed E-state index contributed by atoms with van der Waals surface area (Å²) in [6.07, 6.45) is 2.88. The van der Waals surface area contributed by atoms with Gasteiger partial charge in [-0.2, -0.15) is 0 Å². The molecule has 0 bridgehead atoms. The number of carbonyl (C=O) groups is 2. The first-order valence-corrected chi connectivity index (χ1v) is 6.66. The molecule has 2 unspecified atom stereocenters. The fourth-order valence-corrected chi connectivity index (χ4v) is 3.32. The van der Waals surface area contributed by atoms with Crippen molar-refractivity contribution in [2.24, 2.45) is 5.92 Å². The van der Waals surface area contributed by atoms with Crippen molar-refractivity contribution >= 4 is 11.9 Å². The van der Waals surface area contributed by atoms with E-state index in [1.54, 1.807) is 0 Å². The Morgan fingerprint density at radius 1 is 1.42 bits per heavy atom. The maximum atomic E-state index is 12.1. The predicted octanol–water partition coefficient (Wildman–Crippen LogP) is 1.48. The number of aliphatic carboxylic acids is 1. The smallest absolute Gasteiger partial charge is 0.325 e. The molecule has 1 saturated carbocycles. The van der Waals surface area contributed by atoms with Crippen molar-refractivity contribution in [2.45, 2.75) is 37.6 Å². The van der Waals surface area contributed by atoms with Gasteiger partial charge in [0.2, 0.25) is 5.91 Å². The van der Waals surface area contributed by atoms with Crippen molar-refractivity contribution in [1.82, 2.24) is 5.32 Å². The molecule has 3 atom stereocenters. The Labute approximate surface area is 111 Å². The van der Waals surface area contributed by atoms with E-state index in [0.29, 0.717) is 0 Å². The molecule has 1 spiro atoms. The van der Waals surface area contributed by atoms with Gasteiger partial charge in [-0.3, -0.25) is 9.59 Å². The second kappa shape index (κ2) is 4.08. The molecule has 2 N–H and O–H groups in total. The number of carbonyl (C=O) groups excluding carboxylic acids is 1. The summed E-state index contributed by atoms with van der Waals surface area (Å²) in [5.41, 5.74) is 2.61. The van der Waals surface area contributed by atoms with Gasteiger partial charge >= 0.3 is 5.97 Å². The number of nitrogens with one attached hydrogen (secondary N) is 1. The van der Waals surface area contributed by atoms with Crippen molar-refractivity contribution in [3.8, 4) is 0 Å². The monoisotopic (exact) mass is 259 g/mol. The lowest BCUT2D eigenvalue weighted by molar-refractivity contribution is -0.141. The molecule has 2 aliphatic carbocycles. The van der Waals surface area contributed by atoms with Gasteiger partial charge in [-0.25, -0.2) is 0 Å². The molecule has 0 aliphatic heterocycles. The topological polar surface area (TPSA) is 66.4 Å². The molecular weight excluding hydrogens is 242 g/mol. The number of carboxylic acid groups (broad SMARTS) is 1. The van der Waals surface area contributed by atoms with Gasteiger partial charge in [-0.1, -0.05) is 24.3 Å². The van der Waals surface area contributed by atoms with Crippen molar-refractivity contribution in [3.63, 3.8) is 0 Å². The molecule has 0 aromatic heterocycles. The predicted molar refractivity (Wildman–Crippen MR) is 69.8 cm³/mol. The van der Waals surface area contributed by atoms with Gasteiger partial charge in [0, 0.05) is 11.3 Å². The SMILES string of the molecule is C[C@H](NC(=O)C1CC12CCc1ccccc12)C(=O)O. The molecule has 0 radical (unpaired) electrons. The van der Waals surface area contributed by atoms with Gasteiger partial charge in [-0.05, 0) is 37.3 Å². The fourth-order valence-electron chi connectivity index (χ4n) is 3.32. The molecule has 2 aliphatic rings. The van der Waals surface area contributed by atoms with E-state index in [-0.39, 0.29) is 17.2 Å². The average Bonchev–Trinajstić information content (AvgIpc) is 3.00. The molecule has 3 rings (SSSR count). The minimum absolute atomic E-state index is 0.0150. The van der Waals surface area contributed by atoms with Crippen LogP contribution in [0.4, 0.5) is 0 Å². The lowest BCUT2D eigenvalue weighted by Crippen LogP contribution is -2.40. The lowest BCUT2D eigenvalue weighted by atomic mass is 9.95. The summed E-state index contributed by atoms with van der Waals surface area (Å²) in [6.45, 7) is 1.50. The Bertz CT molecular complexity index is 554. The largest absolute Gasteiger partial charge is 0.480 e. The van der Waals surface area contributed by atoms with Crippen molar-refractivity contribution < 1.29 is 14.7 Å². The van der Waals surface area contributed by atoms with Crippen molar-refractivity contribution in [3.05, 3.63) is 35.4 Å². The average molecular weight is 259 g/mol. The number of hydrogen-bond acceptors (Lipinski definition) is 2. The first kappa shape index (κ1) is 12.2. The zero-order valence-electron chi connectivity index (χ0n) is 10.8. The Hall–Kier alpha value is -1.84. The molecule has 1 aromatic rings. The van der Waals surface area contributed by atoms with Crippen LogP contribution in [0.1, 0.15) is 30.9 Å². The number of hydrogen-bond donors (Lipinski definition) is 2. The minimum Gasteiger partial charge on any atom is -0.480 e. The van der Waals surface area contributed by atoms with E-state index in [9.17, 15) is 9.59 Å². The third kappa shape index (κ3) is 1.82. The molecule has 4 heteroatoms. The van der Waals surface area contributed by atoms with Crippen LogP contribution in [-0.2, 0) is 21.4 Å². The molecule has 0 heterocycles. The van der Waals surface area contributed by atoms with E-state index in [0.717, 1.165) is 19.3 Å². The minimum atomic E-state index is -0.991. The summed E-state index contributed by atoms with van der Waals surface area (Å²) in [5.74, 6) is -1.17. The molecule has 0 saturated heterocycles. The van der Waals surface area contributed by atoms with Crippen LogP contribution in [0, 0.1) is 5.92 Å². The maximum absolute atomic E-state index is 12.1. The summed E-state index contributed by atoms with van der Waals surface area (Å²) in [7, 11) is 0. The zero-order chi connectivity index (χ0) is 13.6. The van der Waals surface area contributed by atoms with Crippen molar-refractivity contribution in [1.29, 1.82) is 0 Å². The number of amides is 1. The second-order valence-electron chi connectivity index (χ2n) is 5.64. The van der Waals surface area contributed by atoms with E-state index in [2.05, 4.69) is 17.4 Å². The first-order chi connectivity index (χ1) is 9.04. The van der Waals surface area contributed by atoms with E-state index in [1.165, 1.54) is 18.1 Å². The van der Waals surface area contributed by atoms with E-state index >= 15 is 0 Å². The summed E-state index contributed by atoms with van der Waals surface area (Å²) >= 11 is 0. The third-order valence-corrected chi connectivity index (χ3v) is 4.52. The molecule has 1 fully saturated rings. The highest BCUT2D eigenvalue weighted by Gasteiger charge is 2.61. The molecular formula is C15H17NO3. The van der Waals surface area contributed by atoms with Crippen LogP contribution < -0.4 is 5.32 Å². The Kier molecular flexibility index (Phi) is 2.62. The van der Waals surface area contributed by atoms with Crippen LogP contribution in [0.2, 0.25) is 0 Å². The van der Waals surface area contributed by atoms with E-state index < -0.39 is 12.0 Å². The van der Waals surface area contributed by atoms with Crippen LogP contribution >= 0.6 is 0 Å². The Morgan fingerprint density at radius 3 is 2.89 bits per heavy atom. The quantitative estimate of drug-likeness (QED) is 0.864. The highest BCUT2D eigenvalue weighted by molar-refractivity contribution is 5.88. The number of aryl methyl sites for hydroxylation is 1. The maximum Gasteiger partial charge on any atom is 0.325 e. The third-order valence-electron chi connectivity index (χ3n) is 4.52. The Balaban J connectivity index is 1.75. The van der Waals surface area contributed by atoms with Crippen LogP contribution in [0.5, 0.6) is 0 Å². The van der Waals surface area contributed by atoms with Gasteiger partial charge in [0.1, 0.15) is 6.04 Å². The van der Waals surface area contributed by atoms with Gasteiger partial charge in [0.15, 0.2) is 0 Å². The van der Waals surface area contributed by atoms with Gasteiger partial charge in [0.25, 0.3) is 0 Å². The molecule has 19 heavy (non-hydrogen) atoms. The second-order valence-corrected chi connectivity index (χ2v) is 5.64. The summed E-state index contributed by atoms with van der Waals surface area (Å²) in [5, 5.41) is 11.4. The van der Waals surface area contributed by atoms with Crippen molar-refractivity contribution in [2.75, 3.05) is 0 Å². The van der Waals surface area contributed by atoms with Crippen LogP contribution in [0.15, 0.2) is 24.3 Å². The summed E-state index contributed by atoms with van der Waals surface area (Å²) in [6, 6.07) is 7.45. The molecule has 4 nitrogen and oxygen atoms in total. The standard InChI is InChI=1S/C15H17NO3/c1-9(14(18)19)16-13(17)12-8-15(12)7-6-10-4-2-3-5-11(10)15/h2-5,9,12H,6-8H2,1H3,(H,16,17)(H,18,19)/t9-,12?,15?/m0/s1. The lowest BCUT2D eigenvalue weighted by Gasteiger charge is -2.13. The van der Waals surface area contributed by atoms with E-state index in [4.69, 9.17) is 5.11 Å². The van der Waals surface area contributed by atoms with Gasteiger partial charge in [-0.15, -0.1) is 0 Å². The van der Waals surface area contributed by atoms with Crippen LogP contribution in [0.3, 0.4) is 0 Å². The fraction of sp³-hybridized carbons (Fsp3) is 0.467. The molecule has 100 valence electrons. The molecule has 1 aromatic carbocycles. The van der Waals surface area contributed by atoms with Gasteiger partial charge < -0.3 is 10.4 Å². The van der Waals surface area contributed by atoms with Crippen LogP contribution in [0.25, 0.3) is 0 Å². The number of benzene rings is 1. The van der Waals surface area contributed by atoms with Gasteiger partial charge in [0.05, 0.1) is 0 Å². The molecule has 1 amide bonds. The number of carboxylic acids is 1. The summed E-state index contributed by atoms with van der Waals surface area (Å²) < 4.78 is 0. The number of rotatable bonds is 3. The Morgan fingerprint density at radius 2 is 2.16 bits per heavy atom. The normalized spacial score (nSPS) is 28.8. The summed E-state index contributed by atoms with van der Waals surface area (Å²) in [4.78, 5) is 22.9. The van der Waals surface area contributed by atoms with Crippen LogP contribution in [-0.4, -0.2) is 23.0 Å². The first-order valence-electron chi connectivity index (χ1n) is 6.66. The highest BCUT2D eigenvalue weighted by Crippen LogP contribution is 2.61. The van der Waals surface area contributed by atoms with E-state index in [1.807, 2.05) is 12.1 Å². The zero-order valence-corrected chi connectivity index (χ0v) is 10.8. The highest BCUT2D eigenvalue weighted by atomic mass is 16.4.